The molecule has 1 amide bonds. The number of aromatic amines is 1. The molecule has 3 rings (SSSR count). The van der Waals surface area contributed by atoms with Gasteiger partial charge in [-0.1, -0.05) is 11.6 Å². The Morgan fingerprint density at radius 1 is 1.43 bits per heavy atom. The lowest BCUT2D eigenvalue weighted by atomic mass is 10.0. The number of anilines is 1. The van der Waals surface area contributed by atoms with Gasteiger partial charge in [-0.05, 0) is 50.2 Å². The van der Waals surface area contributed by atoms with E-state index in [2.05, 4.69) is 15.5 Å². The maximum Gasteiger partial charge on any atom is 0.232 e. The summed E-state index contributed by atoms with van der Waals surface area (Å²) >= 11 is 7.40. The number of nitrogens with two attached hydrogens (primary N) is 1. The molecule has 2 heterocycles. The molecule has 0 bridgehead atoms. The third-order valence-corrected chi connectivity index (χ3v) is 5.07. The van der Waals surface area contributed by atoms with Crippen molar-refractivity contribution in [3.8, 4) is 0 Å². The minimum Gasteiger partial charge on any atom is -0.330 e. The number of hydrogen-bond donors (Lipinski definition) is 3. The molecule has 3 aromatic rings. The fraction of sp³-hybridized carbons (Fsp3) is 0.250. The van der Waals surface area contributed by atoms with E-state index >= 15 is 0 Å². The zero-order chi connectivity index (χ0) is 16.4. The summed E-state index contributed by atoms with van der Waals surface area (Å²) in [7, 11) is 0. The Labute approximate surface area is 142 Å². The van der Waals surface area contributed by atoms with E-state index in [0.29, 0.717) is 17.3 Å². The Hall–Kier alpha value is -1.89. The normalized spacial score (nSPS) is 12.5. The number of carbonyl (C=O) groups is 1. The maximum atomic E-state index is 12.6. The molecule has 1 atom stereocenters. The van der Waals surface area contributed by atoms with Crippen LogP contribution in [0.25, 0.3) is 10.9 Å². The van der Waals surface area contributed by atoms with Gasteiger partial charge in [0.1, 0.15) is 0 Å². The maximum absolute atomic E-state index is 12.6. The molecule has 2 aromatic heterocycles. The molecule has 0 saturated carbocycles. The lowest BCUT2D eigenvalue weighted by molar-refractivity contribution is -0.117. The summed E-state index contributed by atoms with van der Waals surface area (Å²) in [4.78, 5) is 13.6. The van der Waals surface area contributed by atoms with E-state index in [1.54, 1.807) is 6.07 Å². The summed E-state index contributed by atoms with van der Waals surface area (Å²) in [6, 6.07) is 9.35. The number of nitrogens with one attached hydrogen (secondary N) is 2. The average molecular weight is 349 g/mol. The number of nitrogens with zero attached hydrogens (tertiary/aromatic N) is 1. The molecular formula is C16H17ClN4OS. The van der Waals surface area contributed by atoms with E-state index in [9.17, 15) is 4.79 Å². The molecule has 1 aromatic carbocycles. The van der Waals surface area contributed by atoms with Crippen LogP contribution in [0.2, 0.25) is 4.34 Å². The Bertz CT molecular complexity index is 842. The van der Waals surface area contributed by atoms with Crippen molar-refractivity contribution < 1.29 is 4.79 Å². The lowest BCUT2D eigenvalue weighted by Crippen LogP contribution is -2.22. The molecule has 0 radical (unpaired) electrons. The van der Waals surface area contributed by atoms with Crippen LogP contribution in [0.15, 0.2) is 30.3 Å². The second-order valence-corrected chi connectivity index (χ2v) is 7.09. The molecular weight excluding hydrogens is 332 g/mol. The molecule has 7 heteroatoms. The molecule has 4 N–H and O–H groups in total. The average Bonchev–Trinajstić information content (AvgIpc) is 3.11. The monoisotopic (exact) mass is 348 g/mol. The molecule has 0 aliphatic carbocycles. The second kappa shape index (κ2) is 6.70. The van der Waals surface area contributed by atoms with E-state index in [0.717, 1.165) is 27.2 Å². The number of hydrogen-bond acceptors (Lipinski definition) is 4. The molecule has 5 nitrogen and oxygen atoms in total. The number of aromatic nitrogens is 2. The molecule has 23 heavy (non-hydrogen) atoms. The number of aryl methyl sites for hydroxylation is 1. The third-order valence-electron chi connectivity index (χ3n) is 3.72. The number of benzene rings is 1. The minimum absolute atomic E-state index is 0.0746. The predicted octanol–water partition coefficient (Wildman–Crippen LogP) is 3.66. The first-order valence-corrected chi connectivity index (χ1v) is 8.49. The van der Waals surface area contributed by atoms with Crippen molar-refractivity contribution in [2.24, 2.45) is 5.73 Å². The van der Waals surface area contributed by atoms with E-state index in [-0.39, 0.29) is 11.8 Å². The SMILES string of the molecule is Cc1[nH]nc2ccc(NC(=O)C(CCN)c3ccc(Cl)s3)cc12. The van der Waals surface area contributed by atoms with Gasteiger partial charge >= 0.3 is 0 Å². The largest absolute Gasteiger partial charge is 0.330 e. The number of amides is 1. The van der Waals surface area contributed by atoms with Gasteiger partial charge in [0.15, 0.2) is 0 Å². The van der Waals surface area contributed by atoms with Gasteiger partial charge in [-0.2, -0.15) is 5.10 Å². The predicted molar refractivity (Wildman–Crippen MR) is 95.2 cm³/mol. The smallest absolute Gasteiger partial charge is 0.232 e. The number of fused-ring (bicyclic) bond motifs is 1. The summed E-state index contributed by atoms with van der Waals surface area (Å²) in [5.74, 6) is -0.367. The fourth-order valence-corrected chi connectivity index (χ4v) is 3.72. The van der Waals surface area contributed by atoms with Crippen molar-refractivity contribution in [1.29, 1.82) is 0 Å². The Morgan fingerprint density at radius 2 is 2.26 bits per heavy atom. The molecule has 0 spiro atoms. The van der Waals surface area contributed by atoms with Crippen LogP contribution in [-0.4, -0.2) is 22.6 Å². The minimum atomic E-state index is -0.293. The first-order chi connectivity index (χ1) is 11.1. The van der Waals surface area contributed by atoms with Crippen LogP contribution in [0.4, 0.5) is 5.69 Å². The highest BCUT2D eigenvalue weighted by Crippen LogP contribution is 2.31. The molecule has 0 saturated heterocycles. The van der Waals surface area contributed by atoms with E-state index in [4.69, 9.17) is 17.3 Å². The van der Waals surface area contributed by atoms with Crippen molar-refractivity contribution in [3.05, 3.63) is 45.2 Å². The van der Waals surface area contributed by atoms with E-state index < -0.39 is 0 Å². The number of carbonyl (C=O) groups excluding carboxylic acids is 1. The van der Waals surface area contributed by atoms with Gasteiger partial charge < -0.3 is 11.1 Å². The Kier molecular flexibility index (Phi) is 4.66. The highest BCUT2D eigenvalue weighted by atomic mass is 35.5. The first kappa shape index (κ1) is 16.0. The Morgan fingerprint density at radius 3 is 2.96 bits per heavy atom. The molecule has 1 unspecified atom stereocenters. The highest BCUT2D eigenvalue weighted by Gasteiger charge is 2.22. The zero-order valence-electron chi connectivity index (χ0n) is 12.6. The van der Waals surface area contributed by atoms with E-state index in [1.165, 1.54) is 11.3 Å². The molecule has 0 fully saturated rings. The van der Waals surface area contributed by atoms with Crippen molar-refractivity contribution >= 4 is 45.4 Å². The van der Waals surface area contributed by atoms with Crippen molar-refractivity contribution in [2.75, 3.05) is 11.9 Å². The van der Waals surface area contributed by atoms with Crippen molar-refractivity contribution in [2.45, 2.75) is 19.3 Å². The van der Waals surface area contributed by atoms with Crippen LogP contribution in [0.5, 0.6) is 0 Å². The van der Waals surface area contributed by atoms with Gasteiger partial charge in [-0.15, -0.1) is 11.3 Å². The summed E-state index contributed by atoms with van der Waals surface area (Å²) in [6.07, 6.45) is 0.579. The van der Waals surface area contributed by atoms with Crippen LogP contribution in [-0.2, 0) is 4.79 Å². The van der Waals surface area contributed by atoms with Gasteiger partial charge in [0.25, 0.3) is 0 Å². The van der Waals surface area contributed by atoms with E-state index in [1.807, 2.05) is 31.2 Å². The number of rotatable bonds is 5. The summed E-state index contributed by atoms with van der Waals surface area (Å²) in [5.41, 5.74) is 8.26. The van der Waals surface area contributed by atoms with Gasteiger partial charge in [-0.25, -0.2) is 0 Å². The lowest BCUT2D eigenvalue weighted by Gasteiger charge is -2.14. The van der Waals surface area contributed by atoms with Crippen molar-refractivity contribution in [1.82, 2.24) is 10.2 Å². The first-order valence-electron chi connectivity index (χ1n) is 7.29. The topological polar surface area (TPSA) is 83.8 Å². The molecule has 0 aliphatic rings. The second-order valence-electron chi connectivity index (χ2n) is 5.34. The van der Waals surface area contributed by atoms with Gasteiger partial charge in [0.05, 0.1) is 15.8 Å². The van der Waals surface area contributed by atoms with Crippen LogP contribution in [0, 0.1) is 6.92 Å². The van der Waals surface area contributed by atoms with Crippen LogP contribution in [0.3, 0.4) is 0 Å². The van der Waals surface area contributed by atoms with Crippen LogP contribution < -0.4 is 11.1 Å². The molecule has 120 valence electrons. The summed E-state index contributed by atoms with van der Waals surface area (Å²) < 4.78 is 0.672. The van der Waals surface area contributed by atoms with Gasteiger partial charge in [0.2, 0.25) is 5.91 Å². The fourth-order valence-electron chi connectivity index (χ4n) is 2.53. The number of thiophene rings is 1. The van der Waals surface area contributed by atoms with Crippen molar-refractivity contribution in [3.63, 3.8) is 0 Å². The third kappa shape index (κ3) is 3.39. The van der Waals surface area contributed by atoms with Crippen LogP contribution >= 0.6 is 22.9 Å². The van der Waals surface area contributed by atoms with Gasteiger partial charge in [-0.3, -0.25) is 9.89 Å². The zero-order valence-corrected chi connectivity index (χ0v) is 14.2. The van der Waals surface area contributed by atoms with Crippen LogP contribution in [0.1, 0.15) is 22.9 Å². The standard InChI is InChI=1S/C16H17ClN4OS/c1-9-12-8-10(2-3-13(12)21-20-9)19-16(22)11(6-7-18)14-4-5-15(17)23-14/h2-5,8,11H,6-7,18H2,1H3,(H,19,22)(H,20,21). The Balaban J connectivity index is 1.83. The number of H-pyrrole nitrogens is 1. The number of halogens is 1. The molecule has 0 aliphatic heterocycles. The summed E-state index contributed by atoms with van der Waals surface area (Å²) in [6.45, 7) is 2.39. The van der Waals surface area contributed by atoms with Gasteiger partial charge in [0, 0.05) is 21.6 Å². The highest BCUT2D eigenvalue weighted by molar-refractivity contribution is 7.16. The quantitative estimate of drug-likeness (QED) is 0.658. The summed E-state index contributed by atoms with van der Waals surface area (Å²) in [5, 5.41) is 11.1.